The van der Waals surface area contributed by atoms with Gasteiger partial charge in [-0.05, 0) is 18.2 Å². The van der Waals surface area contributed by atoms with E-state index < -0.39 is 5.97 Å². The molecule has 0 aliphatic heterocycles. The van der Waals surface area contributed by atoms with Gasteiger partial charge in [-0.3, -0.25) is 4.98 Å². The molecule has 3 rings (SSSR count). The normalized spacial score (nSPS) is 10.1. The molecular weight excluding hydrogens is 280 g/mol. The van der Waals surface area contributed by atoms with Crippen molar-refractivity contribution in [2.75, 3.05) is 0 Å². The minimum absolute atomic E-state index is 0.0603. The number of aromatic nitrogens is 3. The molecule has 0 atom stereocenters. The largest absolute Gasteiger partial charge is 0.476 e. The second kappa shape index (κ2) is 5.50. The van der Waals surface area contributed by atoms with Crippen molar-refractivity contribution >= 4 is 11.7 Å². The SMILES string of the molecule is [C-]#[N+]c1ccc(-c2cc(C(=O)O)nn2-c2ccccc2)nc1. The van der Waals surface area contributed by atoms with E-state index in [1.165, 1.54) is 16.9 Å². The third-order valence-electron chi connectivity index (χ3n) is 3.07. The van der Waals surface area contributed by atoms with Gasteiger partial charge in [0.1, 0.15) is 0 Å². The first kappa shape index (κ1) is 13.5. The summed E-state index contributed by atoms with van der Waals surface area (Å²) in [7, 11) is 0. The highest BCUT2D eigenvalue weighted by Gasteiger charge is 2.16. The van der Waals surface area contributed by atoms with E-state index >= 15 is 0 Å². The minimum atomic E-state index is -1.10. The van der Waals surface area contributed by atoms with Gasteiger partial charge in [-0.2, -0.15) is 5.10 Å². The van der Waals surface area contributed by atoms with Crippen molar-refractivity contribution in [2.45, 2.75) is 0 Å². The van der Waals surface area contributed by atoms with Crippen molar-refractivity contribution in [1.29, 1.82) is 0 Å². The third-order valence-corrected chi connectivity index (χ3v) is 3.07. The maximum atomic E-state index is 11.2. The number of para-hydroxylation sites is 1. The molecule has 0 fully saturated rings. The maximum absolute atomic E-state index is 11.2. The van der Waals surface area contributed by atoms with Crippen LogP contribution in [0.15, 0.2) is 54.7 Å². The smallest absolute Gasteiger partial charge is 0.356 e. The van der Waals surface area contributed by atoms with E-state index in [-0.39, 0.29) is 5.69 Å². The number of benzene rings is 1. The topological polar surface area (TPSA) is 72.4 Å². The van der Waals surface area contributed by atoms with Crippen LogP contribution in [0.1, 0.15) is 10.5 Å². The lowest BCUT2D eigenvalue weighted by molar-refractivity contribution is 0.0690. The Labute approximate surface area is 126 Å². The summed E-state index contributed by atoms with van der Waals surface area (Å²) in [5.41, 5.74) is 2.21. The van der Waals surface area contributed by atoms with Crippen LogP contribution in [-0.4, -0.2) is 25.8 Å². The van der Waals surface area contributed by atoms with Crippen molar-refractivity contribution in [3.8, 4) is 17.1 Å². The Bertz CT molecular complexity index is 861. The van der Waals surface area contributed by atoms with E-state index in [1.54, 1.807) is 12.1 Å². The first-order valence-corrected chi connectivity index (χ1v) is 6.41. The Morgan fingerprint density at radius 2 is 1.95 bits per heavy atom. The number of carboxylic acid groups (broad SMARTS) is 1. The summed E-state index contributed by atoms with van der Waals surface area (Å²) in [6.07, 6.45) is 1.45. The first-order chi connectivity index (χ1) is 10.7. The Morgan fingerprint density at radius 3 is 2.55 bits per heavy atom. The van der Waals surface area contributed by atoms with Gasteiger partial charge >= 0.3 is 5.97 Å². The lowest BCUT2D eigenvalue weighted by Crippen LogP contribution is -2.02. The molecule has 2 heterocycles. The zero-order chi connectivity index (χ0) is 15.5. The van der Waals surface area contributed by atoms with E-state index in [2.05, 4.69) is 14.9 Å². The maximum Gasteiger partial charge on any atom is 0.356 e. The molecule has 0 bridgehead atoms. The molecular formula is C16H10N4O2. The Balaban J connectivity index is 2.17. The van der Waals surface area contributed by atoms with Crippen molar-refractivity contribution in [2.24, 2.45) is 0 Å². The number of carbonyl (C=O) groups is 1. The molecule has 6 nitrogen and oxygen atoms in total. The third kappa shape index (κ3) is 2.43. The fourth-order valence-corrected chi connectivity index (χ4v) is 2.04. The van der Waals surface area contributed by atoms with E-state index in [0.717, 1.165) is 5.69 Å². The molecule has 1 aromatic carbocycles. The molecule has 3 aromatic rings. The van der Waals surface area contributed by atoms with Crippen LogP contribution < -0.4 is 0 Å². The summed E-state index contributed by atoms with van der Waals surface area (Å²) in [6, 6.07) is 14.0. The van der Waals surface area contributed by atoms with Crippen LogP contribution in [-0.2, 0) is 0 Å². The molecule has 0 aliphatic carbocycles. The molecule has 22 heavy (non-hydrogen) atoms. The number of rotatable bonds is 3. The molecule has 0 saturated heterocycles. The summed E-state index contributed by atoms with van der Waals surface area (Å²) >= 11 is 0. The molecule has 0 amide bonds. The highest BCUT2D eigenvalue weighted by molar-refractivity contribution is 5.87. The van der Waals surface area contributed by atoms with E-state index in [9.17, 15) is 4.79 Å². The van der Waals surface area contributed by atoms with Gasteiger partial charge in [-0.25, -0.2) is 14.3 Å². The number of nitrogens with zero attached hydrogens (tertiary/aromatic N) is 4. The minimum Gasteiger partial charge on any atom is -0.476 e. The molecule has 106 valence electrons. The highest BCUT2D eigenvalue weighted by Crippen LogP contribution is 2.24. The van der Waals surface area contributed by atoms with Gasteiger partial charge in [-0.15, -0.1) is 0 Å². The van der Waals surface area contributed by atoms with Crippen molar-refractivity contribution < 1.29 is 9.90 Å². The van der Waals surface area contributed by atoms with Crippen LogP contribution >= 0.6 is 0 Å². The van der Waals surface area contributed by atoms with Crippen LogP contribution in [0.4, 0.5) is 5.69 Å². The molecule has 0 radical (unpaired) electrons. The van der Waals surface area contributed by atoms with Crippen molar-refractivity contribution in [3.63, 3.8) is 0 Å². The number of carboxylic acids is 1. The zero-order valence-corrected chi connectivity index (χ0v) is 11.3. The first-order valence-electron chi connectivity index (χ1n) is 6.41. The van der Waals surface area contributed by atoms with Crippen LogP contribution in [0.5, 0.6) is 0 Å². The quantitative estimate of drug-likeness (QED) is 0.752. The second-order valence-corrected chi connectivity index (χ2v) is 4.48. The van der Waals surface area contributed by atoms with Gasteiger partial charge in [-0.1, -0.05) is 24.3 Å². The molecule has 2 aromatic heterocycles. The number of aromatic carboxylic acids is 1. The summed E-state index contributed by atoms with van der Waals surface area (Å²) in [5.74, 6) is -1.10. The van der Waals surface area contributed by atoms with Gasteiger partial charge in [0.25, 0.3) is 0 Å². The fourth-order valence-electron chi connectivity index (χ4n) is 2.04. The summed E-state index contributed by atoms with van der Waals surface area (Å²) in [6.45, 7) is 6.95. The Hall–Kier alpha value is -3.46. The van der Waals surface area contributed by atoms with Crippen molar-refractivity contribution in [1.82, 2.24) is 14.8 Å². The standard InChI is InChI=1S/C16H10N4O2/c1-17-11-7-8-13(18-10-11)15-9-14(16(21)22)19-20(15)12-5-3-2-4-6-12/h2-10H,(H,21,22). The molecule has 0 aliphatic rings. The molecule has 0 unspecified atom stereocenters. The average Bonchev–Trinajstić information content (AvgIpc) is 3.01. The summed E-state index contributed by atoms with van der Waals surface area (Å²) in [5, 5.41) is 13.3. The van der Waals surface area contributed by atoms with Crippen LogP contribution in [0.2, 0.25) is 0 Å². The summed E-state index contributed by atoms with van der Waals surface area (Å²) < 4.78 is 1.53. The molecule has 0 spiro atoms. The Kier molecular flexibility index (Phi) is 3.38. The van der Waals surface area contributed by atoms with Gasteiger partial charge < -0.3 is 5.11 Å². The lowest BCUT2D eigenvalue weighted by atomic mass is 10.2. The average molecular weight is 290 g/mol. The predicted molar refractivity (Wildman–Crippen MR) is 80.0 cm³/mol. The van der Waals surface area contributed by atoms with Gasteiger partial charge in [0.15, 0.2) is 5.69 Å². The van der Waals surface area contributed by atoms with Crippen LogP contribution in [0, 0.1) is 6.57 Å². The van der Waals surface area contributed by atoms with Crippen LogP contribution in [0.25, 0.3) is 21.9 Å². The van der Waals surface area contributed by atoms with Gasteiger partial charge in [0, 0.05) is 12.3 Å². The number of hydrogen-bond acceptors (Lipinski definition) is 3. The zero-order valence-electron chi connectivity index (χ0n) is 11.3. The predicted octanol–water partition coefficient (Wildman–Crippen LogP) is 3.18. The van der Waals surface area contributed by atoms with Crippen molar-refractivity contribution in [3.05, 3.63) is 71.8 Å². The van der Waals surface area contributed by atoms with Gasteiger partial charge in [0.05, 0.1) is 23.6 Å². The van der Waals surface area contributed by atoms with Gasteiger partial charge in [0.2, 0.25) is 5.69 Å². The Morgan fingerprint density at radius 1 is 1.18 bits per heavy atom. The molecule has 6 heteroatoms. The molecule has 0 saturated carbocycles. The van der Waals surface area contributed by atoms with E-state index in [4.69, 9.17) is 11.7 Å². The second-order valence-electron chi connectivity index (χ2n) is 4.48. The highest BCUT2D eigenvalue weighted by atomic mass is 16.4. The van der Waals surface area contributed by atoms with Crippen LogP contribution in [0.3, 0.4) is 0 Å². The van der Waals surface area contributed by atoms with E-state index in [0.29, 0.717) is 17.1 Å². The lowest BCUT2D eigenvalue weighted by Gasteiger charge is -2.06. The molecule has 1 N–H and O–H groups in total. The number of hydrogen-bond donors (Lipinski definition) is 1. The monoisotopic (exact) mass is 290 g/mol. The fraction of sp³-hybridized carbons (Fsp3) is 0. The summed E-state index contributed by atoms with van der Waals surface area (Å²) in [4.78, 5) is 18.7. The number of pyridine rings is 1. The van der Waals surface area contributed by atoms with E-state index in [1.807, 2.05) is 30.3 Å².